The van der Waals surface area contributed by atoms with E-state index in [1.165, 1.54) is 11.8 Å². The highest BCUT2D eigenvalue weighted by Crippen LogP contribution is 2.25. The van der Waals surface area contributed by atoms with Crippen molar-refractivity contribution in [2.24, 2.45) is 5.92 Å². The molecule has 0 spiro atoms. The normalized spacial score (nSPS) is 14.2. The topological polar surface area (TPSA) is 75.6 Å². The number of carbonyl (C=O) groups is 2. The first-order chi connectivity index (χ1) is 15.9. The number of hydrogen-bond donors (Lipinski definition) is 0. The highest BCUT2D eigenvalue weighted by Gasteiger charge is 2.28. The third-order valence-corrected chi connectivity index (χ3v) is 6.83. The maximum absolute atomic E-state index is 12.9. The van der Waals surface area contributed by atoms with E-state index in [4.69, 9.17) is 16.3 Å². The van der Waals surface area contributed by atoms with E-state index in [9.17, 15) is 9.59 Å². The average molecular weight is 491 g/mol. The quantitative estimate of drug-likeness (QED) is 0.218. The van der Waals surface area contributed by atoms with Crippen LogP contribution in [0.25, 0.3) is 0 Å². The molecular formula is C24H31ClN4O3S. The molecule has 0 atom stereocenters. The Labute approximate surface area is 204 Å². The Bertz CT molecular complexity index is 945. The zero-order valence-corrected chi connectivity index (χ0v) is 21.0. The number of thioether (sulfide) groups is 1. The van der Waals surface area contributed by atoms with Crippen LogP contribution >= 0.6 is 23.4 Å². The lowest BCUT2D eigenvalue weighted by Gasteiger charge is -2.31. The Kier molecular flexibility index (Phi) is 9.38. The number of amides is 1. The molecule has 33 heavy (non-hydrogen) atoms. The average Bonchev–Trinajstić information content (AvgIpc) is 2.83. The van der Waals surface area contributed by atoms with Crippen molar-refractivity contribution in [1.82, 2.24) is 14.9 Å². The lowest BCUT2D eigenvalue weighted by Crippen LogP contribution is -2.40. The van der Waals surface area contributed by atoms with Crippen molar-refractivity contribution in [2.75, 3.05) is 37.7 Å². The summed E-state index contributed by atoms with van der Waals surface area (Å²) in [5.74, 6) is 1.25. The molecule has 3 rings (SSSR count). The molecule has 2 heterocycles. The van der Waals surface area contributed by atoms with Gasteiger partial charge in [-0.3, -0.25) is 9.59 Å². The van der Waals surface area contributed by atoms with Gasteiger partial charge in [0.15, 0.2) is 5.16 Å². The molecule has 0 N–H and O–H groups in total. The molecule has 9 heteroatoms. The second-order valence-corrected chi connectivity index (χ2v) is 9.14. The molecule has 1 aromatic carbocycles. The Hall–Kier alpha value is -2.32. The predicted molar refractivity (Wildman–Crippen MR) is 132 cm³/mol. The van der Waals surface area contributed by atoms with Crippen LogP contribution < -0.4 is 4.90 Å². The lowest BCUT2D eigenvalue weighted by atomic mass is 9.96. The SMILES string of the molecule is CCOC(=O)C1CCN(C(=O)c2ccc(CSc3nc(Cl)cc(N(CC)CC)n3)cc2)CC1. The van der Waals surface area contributed by atoms with Gasteiger partial charge in [-0.05, 0) is 51.3 Å². The van der Waals surface area contributed by atoms with Gasteiger partial charge in [0, 0.05) is 43.6 Å². The Morgan fingerprint density at radius 2 is 1.79 bits per heavy atom. The minimum Gasteiger partial charge on any atom is -0.466 e. The predicted octanol–water partition coefficient (Wildman–Crippen LogP) is 4.68. The van der Waals surface area contributed by atoms with Crippen molar-refractivity contribution in [2.45, 2.75) is 44.5 Å². The van der Waals surface area contributed by atoms with Gasteiger partial charge < -0.3 is 14.5 Å². The molecule has 1 fully saturated rings. The summed E-state index contributed by atoms with van der Waals surface area (Å²) in [4.78, 5) is 37.7. The number of anilines is 1. The molecule has 7 nitrogen and oxygen atoms in total. The molecule has 1 aliphatic rings. The largest absolute Gasteiger partial charge is 0.466 e. The van der Waals surface area contributed by atoms with Gasteiger partial charge in [0.25, 0.3) is 5.91 Å². The van der Waals surface area contributed by atoms with Crippen LogP contribution in [-0.2, 0) is 15.3 Å². The summed E-state index contributed by atoms with van der Waals surface area (Å²) >= 11 is 7.72. The van der Waals surface area contributed by atoms with Crippen LogP contribution in [0.5, 0.6) is 0 Å². The number of esters is 1. The number of piperidine rings is 1. The van der Waals surface area contributed by atoms with Crippen LogP contribution in [0.4, 0.5) is 5.82 Å². The summed E-state index contributed by atoms with van der Waals surface area (Å²) in [6.07, 6.45) is 1.29. The summed E-state index contributed by atoms with van der Waals surface area (Å²) in [5.41, 5.74) is 1.73. The zero-order chi connectivity index (χ0) is 23.8. The van der Waals surface area contributed by atoms with Crippen LogP contribution in [0.15, 0.2) is 35.5 Å². The maximum atomic E-state index is 12.9. The summed E-state index contributed by atoms with van der Waals surface area (Å²) in [5, 5.41) is 1.07. The van der Waals surface area contributed by atoms with E-state index >= 15 is 0 Å². The van der Waals surface area contributed by atoms with Crippen LogP contribution in [0.3, 0.4) is 0 Å². The van der Waals surface area contributed by atoms with Crippen molar-refractivity contribution in [3.05, 3.63) is 46.6 Å². The van der Waals surface area contributed by atoms with Gasteiger partial charge in [0.05, 0.1) is 12.5 Å². The smallest absolute Gasteiger partial charge is 0.309 e. The van der Waals surface area contributed by atoms with Crippen LogP contribution in [0.2, 0.25) is 5.15 Å². The van der Waals surface area contributed by atoms with Gasteiger partial charge in [-0.25, -0.2) is 9.97 Å². The Balaban J connectivity index is 1.56. The van der Waals surface area contributed by atoms with Crippen LogP contribution in [0, 0.1) is 5.92 Å². The standard InChI is InChI=1S/C24H31ClN4O3S/c1-4-28(5-2)21-15-20(25)26-24(27-21)33-16-17-7-9-18(10-8-17)22(30)29-13-11-19(12-14-29)23(31)32-6-3/h7-10,15,19H,4-6,11-14,16H2,1-3H3. The number of halogens is 1. The van der Waals surface area contributed by atoms with Crippen LogP contribution in [-0.4, -0.2) is 59.5 Å². The number of nitrogens with zero attached hydrogens (tertiary/aromatic N) is 4. The molecule has 1 aromatic heterocycles. The Morgan fingerprint density at radius 1 is 1.12 bits per heavy atom. The monoisotopic (exact) mass is 490 g/mol. The number of rotatable bonds is 9. The van der Waals surface area contributed by atoms with Crippen molar-refractivity contribution in [3.8, 4) is 0 Å². The zero-order valence-electron chi connectivity index (χ0n) is 19.4. The lowest BCUT2D eigenvalue weighted by molar-refractivity contribution is -0.149. The van der Waals surface area contributed by atoms with Gasteiger partial charge in [0.2, 0.25) is 0 Å². The van der Waals surface area contributed by atoms with E-state index in [2.05, 4.69) is 28.7 Å². The van der Waals surface area contributed by atoms with E-state index in [-0.39, 0.29) is 17.8 Å². The van der Waals surface area contributed by atoms with Crippen molar-refractivity contribution in [1.29, 1.82) is 0 Å². The van der Waals surface area contributed by atoms with Gasteiger partial charge in [0.1, 0.15) is 11.0 Å². The van der Waals surface area contributed by atoms with E-state index in [0.717, 1.165) is 24.5 Å². The van der Waals surface area contributed by atoms with Crippen LogP contribution in [0.1, 0.15) is 49.5 Å². The number of carbonyl (C=O) groups excluding carboxylic acids is 2. The van der Waals surface area contributed by atoms with Gasteiger partial charge in [-0.2, -0.15) is 0 Å². The maximum Gasteiger partial charge on any atom is 0.309 e. The fraction of sp³-hybridized carbons (Fsp3) is 0.500. The summed E-state index contributed by atoms with van der Waals surface area (Å²) in [6.45, 7) is 9.21. The first-order valence-electron chi connectivity index (χ1n) is 11.4. The minimum atomic E-state index is -0.153. The molecule has 1 saturated heterocycles. The molecule has 1 amide bonds. The molecule has 0 radical (unpaired) electrons. The number of benzene rings is 1. The van der Waals surface area contributed by atoms with Crippen molar-refractivity contribution >= 4 is 41.1 Å². The van der Waals surface area contributed by atoms with Crippen molar-refractivity contribution < 1.29 is 14.3 Å². The molecule has 0 bridgehead atoms. The fourth-order valence-corrected chi connectivity index (χ4v) is 4.85. The van der Waals surface area contributed by atoms with E-state index in [1.807, 2.05) is 36.1 Å². The first kappa shape index (κ1) is 25.3. The molecule has 0 unspecified atom stereocenters. The summed E-state index contributed by atoms with van der Waals surface area (Å²) < 4.78 is 5.10. The minimum absolute atomic E-state index is 0.00134. The first-order valence-corrected chi connectivity index (χ1v) is 12.8. The Morgan fingerprint density at radius 3 is 2.39 bits per heavy atom. The molecule has 1 aliphatic heterocycles. The third kappa shape index (κ3) is 6.84. The molecule has 2 aromatic rings. The highest BCUT2D eigenvalue weighted by molar-refractivity contribution is 7.98. The van der Waals surface area contributed by atoms with Gasteiger partial charge in [-0.1, -0.05) is 35.5 Å². The molecular weight excluding hydrogens is 460 g/mol. The second kappa shape index (κ2) is 12.2. The van der Waals surface area contributed by atoms with Crippen molar-refractivity contribution in [3.63, 3.8) is 0 Å². The third-order valence-electron chi connectivity index (χ3n) is 5.72. The molecule has 0 aliphatic carbocycles. The summed E-state index contributed by atoms with van der Waals surface area (Å²) in [6, 6.07) is 9.42. The number of likely N-dealkylation sites (tertiary alicyclic amines) is 1. The molecule has 0 saturated carbocycles. The second-order valence-electron chi connectivity index (χ2n) is 7.81. The highest BCUT2D eigenvalue weighted by atomic mass is 35.5. The van der Waals surface area contributed by atoms with E-state index in [1.54, 1.807) is 6.07 Å². The van der Waals surface area contributed by atoms with Gasteiger partial charge in [-0.15, -0.1) is 0 Å². The van der Waals surface area contributed by atoms with E-state index in [0.29, 0.717) is 54.2 Å². The number of aromatic nitrogens is 2. The fourth-order valence-electron chi connectivity index (χ4n) is 3.81. The van der Waals surface area contributed by atoms with E-state index < -0.39 is 0 Å². The van der Waals surface area contributed by atoms with Gasteiger partial charge >= 0.3 is 5.97 Å². The molecule has 178 valence electrons. The summed E-state index contributed by atoms with van der Waals surface area (Å²) in [7, 11) is 0. The number of ether oxygens (including phenoxy) is 1. The number of hydrogen-bond acceptors (Lipinski definition) is 7.